The first-order valence-electron chi connectivity index (χ1n) is 5.96. The third-order valence-electron chi connectivity index (χ3n) is 3.14. The van der Waals surface area contributed by atoms with Crippen LogP contribution in [-0.4, -0.2) is 28.1 Å². The molecule has 1 heterocycles. The summed E-state index contributed by atoms with van der Waals surface area (Å²) in [6.45, 7) is 2.25. The molecule has 0 atom stereocenters. The number of carbonyl (C=O) groups excluding carboxylic acids is 1. The summed E-state index contributed by atoms with van der Waals surface area (Å²) < 4.78 is 4.95. The second kappa shape index (κ2) is 6.15. The Labute approximate surface area is 112 Å². The van der Waals surface area contributed by atoms with Crippen molar-refractivity contribution < 1.29 is 9.32 Å². The summed E-state index contributed by atoms with van der Waals surface area (Å²) in [4.78, 5) is 15.9. The van der Waals surface area contributed by atoms with E-state index in [9.17, 15) is 4.79 Å². The van der Waals surface area contributed by atoms with Gasteiger partial charge in [0.25, 0.3) is 0 Å². The van der Waals surface area contributed by atoms with Crippen molar-refractivity contribution in [2.24, 2.45) is 5.73 Å². The normalized spacial score (nSPS) is 17.2. The maximum absolute atomic E-state index is 11.9. The summed E-state index contributed by atoms with van der Waals surface area (Å²) in [6.07, 6.45) is 4.17. The second-order valence-electron chi connectivity index (χ2n) is 4.60. The number of nitrogens with one attached hydrogen (secondary N) is 1. The van der Waals surface area contributed by atoms with E-state index in [1.54, 1.807) is 6.92 Å². The Hall–Kier alpha value is -1.14. The largest absolute Gasteiger partial charge is 0.354 e. The molecule has 7 heteroatoms. The minimum Gasteiger partial charge on any atom is -0.354 e. The maximum atomic E-state index is 11.9. The van der Waals surface area contributed by atoms with Gasteiger partial charge >= 0.3 is 0 Å². The van der Waals surface area contributed by atoms with Crippen molar-refractivity contribution in [2.75, 3.05) is 6.54 Å². The number of rotatable bonds is 4. The monoisotopic (exact) mass is 274 g/mol. The fraction of sp³-hybridized carbons (Fsp3) is 0.727. The third kappa shape index (κ3) is 3.43. The summed E-state index contributed by atoms with van der Waals surface area (Å²) in [5.74, 6) is 1.09. The van der Waals surface area contributed by atoms with Gasteiger partial charge in [-0.15, -0.1) is 12.4 Å². The van der Waals surface area contributed by atoms with Crippen LogP contribution in [0.25, 0.3) is 0 Å². The zero-order valence-electron chi connectivity index (χ0n) is 10.4. The van der Waals surface area contributed by atoms with Crippen LogP contribution in [0.3, 0.4) is 0 Å². The average molecular weight is 275 g/mol. The predicted molar refractivity (Wildman–Crippen MR) is 68.4 cm³/mol. The van der Waals surface area contributed by atoms with E-state index in [0.717, 1.165) is 25.7 Å². The Balaban J connectivity index is 0.00000162. The van der Waals surface area contributed by atoms with Crippen LogP contribution >= 0.6 is 12.4 Å². The average Bonchev–Trinajstić information content (AvgIpc) is 2.89. The first kappa shape index (κ1) is 14.9. The van der Waals surface area contributed by atoms with Crippen molar-refractivity contribution in [2.45, 2.75) is 44.6 Å². The smallest absolute Gasteiger partial charge is 0.240 e. The minimum absolute atomic E-state index is 0. The molecule has 1 aliphatic rings. The van der Waals surface area contributed by atoms with Gasteiger partial charge in [-0.05, 0) is 19.8 Å². The first-order valence-corrected chi connectivity index (χ1v) is 5.96. The minimum atomic E-state index is -0.662. The molecule has 1 amide bonds. The van der Waals surface area contributed by atoms with E-state index >= 15 is 0 Å². The number of carbonyl (C=O) groups is 1. The number of amides is 1. The molecule has 0 saturated heterocycles. The molecule has 0 radical (unpaired) electrons. The van der Waals surface area contributed by atoms with Crippen LogP contribution in [0.1, 0.15) is 37.4 Å². The van der Waals surface area contributed by atoms with Crippen LogP contribution in [0.4, 0.5) is 0 Å². The number of nitrogens with zero attached hydrogens (tertiary/aromatic N) is 2. The van der Waals surface area contributed by atoms with Crippen LogP contribution in [0, 0.1) is 6.92 Å². The van der Waals surface area contributed by atoms with Crippen LogP contribution < -0.4 is 11.1 Å². The van der Waals surface area contributed by atoms with Crippen molar-refractivity contribution in [1.82, 2.24) is 15.5 Å². The van der Waals surface area contributed by atoms with Gasteiger partial charge in [-0.2, -0.15) is 4.98 Å². The first-order chi connectivity index (χ1) is 8.10. The van der Waals surface area contributed by atoms with Gasteiger partial charge in [-0.3, -0.25) is 4.79 Å². The van der Waals surface area contributed by atoms with Gasteiger partial charge in [0.2, 0.25) is 11.8 Å². The fourth-order valence-electron chi connectivity index (χ4n) is 2.13. The number of aromatic nitrogens is 2. The molecule has 0 spiro atoms. The van der Waals surface area contributed by atoms with Crippen LogP contribution in [0.5, 0.6) is 0 Å². The van der Waals surface area contributed by atoms with E-state index in [4.69, 9.17) is 10.3 Å². The molecule has 1 fully saturated rings. The Bertz CT molecular complexity index is 402. The molecule has 0 aliphatic heterocycles. The van der Waals surface area contributed by atoms with E-state index in [1.807, 2.05) is 0 Å². The molecule has 2 rings (SSSR count). The SMILES string of the molecule is Cc1noc(CCNC(=O)C2(N)CCCC2)n1.Cl. The molecular weight excluding hydrogens is 256 g/mol. The number of aryl methyl sites for hydroxylation is 1. The summed E-state index contributed by atoms with van der Waals surface area (Å²) in [5, 5.41) is 6.51. The number of nitrogens with two attached hydrogens (primary N) is 1. The summed E-state index contributed by atoms with van der Waals surface area (Å²) in [6, 6.07) is 0. The van der Waals surface area contributed by atoms with E-state index in [-0.39, 0.29) is 18.3 Å². The number of hydrogen-bond donors (Lipinski definition) is 2. The molecule has 6 nitrogen and oxygen atoms in total. The predicted octanol–water partition coefficient (Wildman–Crippen LogP) is 0.730. The zero-order valence-corrected chi connectivity index (χ0v) is 11.3. The zero-order chi connectivity index (χ0) is 12.3. The van der Waals surface area contributed by atoms with E-state index in [1.165, 1.54) is 0 Å². The van der Waals surface area contributed by atoms with Crippen molar-refractivity contribution >= 4 is 18.3 Å². The van der Waals surface area contributed by atoms with Crippen molar-refractivity contribution in [3.05, 3.63) is 11.7 Å². The number of hydrogen-bond acceptors (Lipinski definition) is 5. The van der Waals surface area contributed by atoms with Gasteiger partial charge in [0, 0.05) is 13.0 Å². The quantitative estimate of drug-likeness (QED) is 0.844. The van der Waals surface area contributed by atoms with Gasteiger partial charge in [-0.25, -0.2) is 0 Å². The highest BCUT2D eigenvalue weighted by atomic mass is 35.5. The lowest BCUT2D eigenvalue weighted by Gasteiger charge is -2.21. The molecule has 1 aliphatic carbocycles. The molecule has 0 aromatic carbocycles. The molecule has 102 valence electrons. The standard InChI is InChI=1S/C11H18N4O2.ClH/c1-8-14-9(17-15-8)4-7-13-10(16)11(12)5-2-3-6-11;/h2-7,12H2,1H3,(H,13,16);1H. The van der Waals surface area contributed by atoms with Gasteiger partial charge in [0.15, 0.2) is 5.82 Å². The van der Waals surface area contributed by atoms with Crippen molar-refractivity contribution in [3.8, 4) is 0 Å². The van der Waals surface area contributed by atoms with Gasteiger partial charge in [-0.1, -0.05) is 18.0 Å². The molecule has 0 bridgehead atoms. The lowest BCUT2D eigenvalue weighted by atomic mass is 9.98. The van der Waals surface area contributed by atoms with Gasteiger partial charge in [0.05, 0.1) is 5.54 Å². The van der Waals surface area contributed by atoms with E-state index in [2.05, 4.69) is 15.5 Å². The highest BCUT2D eigenvalue weighted by molar-refractivity contribution is 5.86. The van der Waals surface area contributed by atoms with E-state index < -0.39 is 5.54 Å². The molecule has 18 heavy (non-hydrogen) atoms. The van der Waals surface area contributed by atoms with Crippen LogP contribution in [0.2, 0.25) is 0 Å². The lowest BCUT2D eigenvalue weighted by Crippen LogP contribution is -2.52. The molecule has 1 saturated carbocycles. The van der Waals surface area contributed by atoms with E-state index in [0.29, 0.717) is 24.7 Å². The Morgan fingerprint density at radius 3 is 2.72 bits per heavy atom. The molecule has 3 N–H and O–H groups in total. The van der Waals surface area contributed by atoms with Crippen LogP contribution in [0.15, 0.2) is 4.52 Å². The number of halogens is 1. The summed E-state index contributed by atoms with van der Waals surface area (Å²) in [5.41, 5.74) is 5.36. The molecule has 1 aromatic rings. The third-order valence-corrected chi connectivity index (χ3v) is 3.14. The van der Waals surface area contributed by atoms with Crippen LogP contribution in [-0.2, 0) is 11.2 Å². The Kier molecular flexibility index (Phi) is 5.10. The maximum Gasteiger partial charge on any atom is 0.240 e. The van der Waals surface area contributed by atoms with Gasteiger partial charge in [0.1, 0.15) is 0 Å². The lowest BCUT2D eigenvalue weighted by molar-refractivity contribution is -0.126. The highest BCUT2D eigenvalue weighted by Crippen LogP contribution is 2.27. The fourth-order valence-corrected chi connectivity index (χ4v) is 2.13. The van der Waals surface area contributed by atoms with Gasteiger partial charge < -0.3 is 15.6 Å². The highest BCUT2D eigenvalue weighted by Gasteiger charge is 2.36. The Morgan fingerprint density at radius 2 is 2.17 bits per heavy atom. The topological polar surface area (TPSA) is 94.0 Å². The Morgan fingerprint density at radius 1 is 1.50 bits per heavy atom. The van der Waals surface area contributed by atoms with Crippen molar-refractivity contribution in [1.29, 1.82) is 0 Å². The molecular formula is C11H19ClN4O2. The molecule has 1 aromatic heterocycles. The summed E-state index contributed by atoms with van der Waals surface area (Å²) >= 11 is 0. The summed E-state index contributed by atoms with van der Waals surface area (Å²) in [7, 11) is 0. The second-order valence-corrected chi connectivity index (χ2v) is 4.60. The molecule has 0 unspecified atom stereocenters. The van der Waals surface area contributed by atoms with Crippen molar-refractivity contribution in [3.63, 3.8) is 0 Å².